The van der Waals surface area contributed by atoms with Crippen LogP contribution >= 0.6 is 0 Å². The molecule has 1 amide bonds. The van der Waals surface area contributed by atoms with Gasteiger partial charge in [-0.25, -0.2) is 0 Å². The second-order valence-electron chi connectivity index (χ2n) is 5.28. The molecule has 0 saturated heterocycles. The highest BCUT2D eigenvalue weighted by Gasteiger charge is 2.36. The summed E-state index contributed by atoms with van der Waals surface area (Å²) in [5, 5.41) is 12.1. The molecular formula is C13H19NO3. The van der Waals surface area contributed by atoms with E-state index in [0.717, 1.165) is 12.8 Å². The van der Waals surface area contributed by atoms with Crippen molar-refractivity contribution < 1.29 is 14.7 Å². The summed E-state index contributed by atoms with van der Waals surface area (Å²) in [6.45, 7) is 2.16. The number of nitrogens with one attached hydrogen (secondary N) is 1. The summed E-state index contributed by atoms with van der Waals surface area (Å²) in [6, 6.07) is 0.262. The van der Waals surface area contributed by atoms with Crippen molar-refractivity contribution in [1.82, 2.24) is 5.32 Å². The van der Waals surface area contributed by atoms with Crippen LogP contribution in [0.15, 0.2) is 12.2 Å². The number of carboxylic acid groups (broad SMARTS) is 1. The van der Waals surface area contributed by atoms with Gasteiger partial charge in [-0.3, -0.25) is 9.59 Å². The Balaban J connectivity index is 1.92. The van der Waals surface area contributed by atoms with Crippen LogP contribution in [0.25, 0.3) is 0 Å². The van der Waals surface area contributed by atoms with Gasteiger partial charge in [0.2, 0.25) is 5.91 Å². The van der Waals surface area contributed by atoms with Gasteiger partial charge in [0.25, 0.3) is 0 Å². The maximum absolute atomic E-state index is 12.0. The zero-order valence-electron chi connectivity index (χ0n) is 10.1. The van der Waals surface area contributed by atoms with Crippen molar-refractivity contribution in [2.24, 2.45) is 17.8 Å². The summed E-state index contributed by atoms with van der Waals surface area (Å²) < 4.78 is 0. The van der Waals surface area contributed by atoms with Gasteiger partial charge >= 0.3 is 5.97 Å². The topological polar surface area (TPSA) is 66.4 Å². The number of aliphatic carboxylic acids is 1. The van der Waals surface area contributed by atoms with E-state index in [2.05, 4.69) is 12.2 Å². The lowest BCUT2D eigenvalue weighted by atomic mass is 9.79. The average molecular weight is 237 g/mol. The quantitative estimate of drug-likeness (QED) is 0.732. The molecule has 2 aliphatic rings. The molecule has 0 aromatic rings. The Morgan fingerprint density at radius 2 is 1.76 bits per heavy atom. The van der Waals surface area contributed by atoms with Crippen LogP contribution in [0.5, 0.6) is 0 Å². The standard InChI is InChI=1S/C13H19NO3/c1-8-6-9(7-8)14-12(15)10-4-2-3-5-11(10)13(16)17/h2-3,8-11H,4-7H2,1H3,(H,14,15)(H,16,17)/t8?,9?,10-,11+/m1/s1. The maximum Gasteiger partial charge on any atom is 0.307 e. The van der Waals surface area contributed by atoms with E-state index in [1.165, 1.54) is 0 Å². The molecule has 1 fully saturated rings. The largest absolute Gasteiger partial charge is 0.481 e. The van der Waals surface area contributed by atoms with Crippen LogP contribution in [0, 0.1) is 17.8 Å². The van der Waals surface area contributed by atoms with Crippen molar-refractivity contribution in [3.8, 4) is 0 Å². The van der Waals surface area contributed by atoms with Crippen LogP contribution < -0.4 is 5.32 Å². The number of carbonyl (C=O) groups is 2. The normalized spacial score (nSPS) is 36.1. The molecule has 0 bridgehead atoms. The van der Waals surface area contributed by atoms with Crippen LogP contribution in [0.4, 0.5) is 0 Å². The molecule has 4 heteroatoms. The number of allylic oxidation sites excluding steroid dienone is 2. The number of carbonyl (C=O) groups excluding carboxylic acids is 1. The Bertz CT molecular complexity index is 345. The third-order valence-corrected chi connectivity index (χ3v) is 3.81. The van der Waals surface area contributed by atoms with E-state index < -0.39 is 17.8 Å². The van der Waals surface area contributed by atoms with Gasteiger partial charge in [0.15, 0.2) is 0 Å². The number of hydrogen-bond donors (Lipinski definition) is 2. The summed E-state index contributed by atoms with van der Waals surface area (Å²) in [7, 11) is 0. The van der Waals surface area contributed by atoms with Crippen molar-refractivity contribution in [3.05, 3.63) is 12.2 Å². The Morgan fingerprint density at radius 1 is 1.18 bits per heavy atom. The van der Waals surface area contributed by atoms with Gasteiger partial charge in [0, 0.05) is 6.04 Å². The van der Waals surface area contributed by atoms with Crippen molar-refractivity contribution in [1.29, 1.82) is 0 Å². The fourth-order valence-electron chi connectivity index (χ4n) is 2.71. The fraction of sp³-hybridized carbons (Fsp3) is 0.692. The molecule has 0 unspecified atom stereocenters. The lowest BCUT2D eigenvalue weighted by Gasteiger charge is -2.35. The highest BCUT2D eigenvalue weighted by Crippen LogP contribution is 2.29. The first kappa shape index (κ1) is 12.1. The summed E-state index contributed by atoms with van der Waals surface area (Å²) in [4.78, 5) is 23.1. The molecular weight excluding hydrogens is 218 g/mol. The molecule has 94 valence electrons. The Morgan fingerprint density at radius 3 is 2.29 bits per heavy atom. The van der Waals surface area contributed by atoms with E-state index in [0.29, 0.717) is 18.8 Å². The second kappa shape index (κ2) is 4.90. The van der Waals surface area contributed by atoms with Crippen molar-refractivity contribution in [2.75, 3.05) is 0 Å². The fourth-order valence-corrected chi connectivity index (χ4v) is 2.71. The molecule has 2 aliphatic carbocycles. The van der Waals surface area contributed by atoms with Gasteiger partial charge < -0.3 is 10.4 Å². The highest BCUT2D eigenvalue weighted by atomic mass is 16.4. The first-order valence-electron chi connectivity index (χ1n) is 6.26. The van der Waals surface area contributed by atoms with E-state index in [9.17, 15) is 9.59 Å². The Hall–Kier alpha value is -1.32. The third-order valence-electron chi connectivity index (χ3n) is 3.81. The number of hydrogen-bond acceptors (Lipinski definition) is 2. The number of rotatable bonds is 3. The monoisotopic (exact) mass is 237 g/mol. The van der Waals surface area contributed by atoms with Crippen LogP contribution in [0.2, 0.25) is 0 Å². The van der Waals surface area contributed by atoms with E-state index in [-0.39, 0.29) is 11.9 Å². The van der Waals surface area contributed by atoms with Crippen LogP contribution in [0.3, 0.4) is 0 Å². The zero-order valence-corrected chi connectivity index (χ0v) is 10.1. The lowest BCUT2D eigenvalue weighted by molar-refractivity contribution is -0.147. The predicted molar refractivity (Wildman–Crippen MR) is 63.3 cm³/mol. The maximum atomic E-state index is 12.0. The van der Waals surface area contributed by atoms with Crippen LogP contribution in [-0.2, 0) is 9.59 Å². The van der Waals surface area contributed by atoms with Gasteiger partial charge in [0.05, 0.1) is 11.8 Å². The molecule has 1 saturated carbocycles. The third kappa shape index (κ3) is 2.68. The van der Waals surface area contributed by atoms with Gasteiger partial charge in [-0.2, -0.15) is 0 Å². The van der Waals surface area contributed by atoms with Gasteiger partial charge in [-0.1, -0.05) is 19.1 Å². The molecule has 2 rings (SSSR count). The predicted octanol–water partition coefficient (Wildman–Crippen LogP) is 1.57. The number of amides is 1. The van der Waals surface area contributed by atoms with E-state index in [1.54, 1.807) is 0 Å². The van der Waals surface area contributed by atoms with Crippen LogP contribution in [-0.4, -0.2) is 23.0 Å². The molecule has 0 spiro atoms. The zero-order chi connectivity index (χ0) is 12.4. The molecule has 0 heterocycles. The molecule has 4 nitrogen and oxygen atoms in total. The smallest absolute Gasteiger partial charge is 0.307 e. The second-order valence-corrected chi connectivity index (χ2v) is 5.28. The van der Waals surface area contributed by atoms with Gasteiger partial charge in [-0.05, 0) is 31.6 Å². The van der Waals surface area contributed by atoms with Crippen molar-refractivity contribution >= 4 is 11.9 Å². The first-order valence-corrected chi connectivity index (χ1v) is 6.26. The summed E-state index contributed by atoms with van der Waals surface area (Å²) >= 11 is 0. The lowest BCUT2D eigenvalue weighted by Crippen LogP contribution is -2.48. The molecule has 0 aromatic carbocycles. The molecule has 0 aromatic heterocycles. The van der Waals surface area contributed by atoms with Gasteiger partial charge in [0.1, 0.15) is 0 Å². The molecule has 2 atom stereocenters. The number of carboxylic acids is 1. The minimum absolute atomic E-state index is 0.0846. The summed E-state index contributed by atoms with van der Waals surface area (Å²) in [5.74, 6) is -1.22. The van der Waals surface area contributed by atoms with Gasteiger partial charge in [-0.15, -0.1) is 0 Å². The SMILES string of the molecule is CC1CC(NC(=O)[C@@H]2CC=CC[C@@H]2C(=O)O)C1. The van der Waals surface area contributed by atoms with Crippen LogP contribution in [0.1, 0.15) is 32.6 Å². The highest BCUT2D eigenvalue weighted by molar-refractivity contribution is 5.85. The minimum Gasteiger partial charge on any atom is -0.481 e. The Labute approximate surface area is 101 Å². The van der Waals surface area contributed by atoms with E-state index in [4.69, 9.17) is 5.11 Å². The van der Waals surface area contributed by atoms with Crippen molar-refractivity contribution in [3.63, 3.8) is 0 Å². The first-order chi connectivity index (χ1) is 8.08. The van der Waals surface area contributed by atoms with E-state index in [1.807, 2.05) is 12.2 Å². The van der Waals surface area contributed by atoms with E-state index >= 15 is 0 Å². The average Bonchev–Trinajstić information content (AvgIpc) is 2.27. The molecule has 17 heavy (non-hydrogen) atoms. The van der Waals surface area contributed by atoms with Crippen molar-refractivity contribution in [2.45, 2.75) is 38.6 Å². The summed E-state index contributed by atoms with van der Waals surface area (Å²) in [5.41, 5.74) is 0. The minimum atomic E-state index is -0.864. The summed E-state index contributed by atoms with van der Waals surface area (Å²) in [6.07, 6.45) is 6.82. The molecule has 2 N–H and O–H groups in total. The Kier molecular flexibility index (Phi) is 3.50. The molecule has 0 aliphatic heterocycles. The molecule has 0 radical (unpaired) electrons.